The molecule has 0 saturated carbocycles. The molecule has 0 spiro atoms. The number of thiophene rings is 1. The summed E-state index contributed by atoms with van der Waals surface area (Å²) in [5.41, 5.74) is 2.88. The average molecular weight is 572 g/mol. The number of H-pyrrole nitrogens is 1. The summed E-state index contributed by atoms with van der Waals surface area (Å²) in [5, 5.41) is 8.28. The van der Waals surface area contributed by atoms with Gasteiger partial charge < -0.3 is 9.64 Å². The zero-order valence-corrected chi connectivity index (χ0v) is 24.2. The molecule has 0 bridgehead atoms. The van der Waals surface area contributed by atoms with Crippen molar-refractivity contribution in [3.8, 4) is 11.4 Å². The highest BCUT2D eigenvalue weighted by Gasteiger charge is 2.33. The van der Waals surface area contributed by atoms with E-state index in [-0.39, 0.29) is 6.04 Å². The standard InChI is InChI=1S/C26H34N8O3S2/c1-31(2)15-18-16-32(7-8-34(18)39(3,35)36)17-19-13-23-24(38-19)26(33-9-11-37-12-10-33)29-25(28-23)20-5-4-6-22-21(20)14-27-30-22/h4-6,13-14,18H,7-12,15-17H2,1-3H3,(H,27,30)/p+1. The Bertz CT molecular complexity index is 1580. The number of nitrogens with one attached hydrogen (secondary N) is 2. The number of rotatable bonds is 7. The Hall–Kier alpha value is -2.52. The molecule has 2 fully saturated rings. The van der Waals surface area contributed by atoms with E-state index in [4.69, 9.17) is 14.7 Å². The highest BCUT2D eigenvalue weighted by molar-refractivity contribution is 7.88. The molecule has 1 unspecified atom stereocenters. The number of benzene rings is 1. The molecule has 208 valence electrons. The highest BCUT2D eigenvalue weighted by Crippen LogP contribution is 2.33. The van der Waals surface area contributed by atoms with Gasteiger partial charge in [-0.1, -0.05) is 12.1 Å². The lowest BCUT2D eigenvalue weighted by Gasteiger charge is -2.40. The van der Waals surface area contributed by atoms with Crippen molar-refractivity contribution >= 4 is 48.3 Å². The van der Waals surface area contributed by atoms with E-state index in [2.05, 4.69) is 32.1 Å². The van der Waals surface area contributed by atoms with Crippen molar-refractivity contribution < 1.29 is 18.1 Å². The Balaban J connectivity index is 1.34. The van der Waals surface area contributed by atoms with Crippen LogP contribution in [0.2, 0.25) is 0 Å². The van der Waals surface area contributed by atoms with Crippen LogP contribution in [0.15, 0.2) is 30.5 Å². The lowest BCUT2D eigenvalue weighted by molar-refractivity contribution is -0.843. The Labute approximate surface area is 232 Å². The molecule has 2 aliphatic rings. The van der Waals surface area contributed by atoms with E-state index in [1.54, 1.807) is 15.6 Å². The van der Waals surface area contributed by atoms with E-state index in [1.165, 1.54) is 16.0 Å². The van der Waals surface area contributed by atoms with Gasteiger partial charge in [-0.05, 0) is 26.2 Å². The number of sulfonamides is 1. The van der Waals surface area contributed by atoms with Crippen molar-refractivity contribution in [1.29, 1.82) is 0 Å². The number of piperazine rings is 1. The van der Waals surface area contributed by atoms with Gasteiger partial charge in [0.05, 0.1) is 42.7 Å². The summed E-state index contributed by atoms with van der Waals surface area (Å²) in [6, 6.07) is 8.18. The second-order valence-electron chi connectivity index (χ2n) is 10.7. The summed E-state index contributed by atoms with van der Waals surface area (Å²) in [4.78, 5) is 17.1. The van der Waals surface area contributed by atoms with Gasteiger partial charge in [0.2, 0.25) is 15.8 Å². The van der Waals surface area contributed by atoms with Crippen LogP contribution >= 0.6 is 11.3 Å². The zero-order chi connectivity index (χ0) is 27.1. The molecule has 6 rings (SSSR count). The molecule has 1 atom stereocenters. The van der Waals surface area contributed by atoms with Crippen molar-refractivity contribution in [2.24, 2.45) is 0 Å². The fourth-order valence-electron chi connectivity index (χ4n) is 5.71. The predicted octanol–water partition coefficient (Wildman–Crippen LogP) is 0.789. The fourth-order valence-corrected chi connectivity index (χ4v) is 7.97. The largest absolute Gasteiger partial charge is 0.370 e. The number of quaternary nitrogens is 1. The Morgan fingerprint density at radius 3 is 2.79 bits per heavy atom. The zero-order valence-electron chi connectivity index (χ0n) is 22.6. The molecule has 39 heavy (non-hydrogen) atoms. The minimum Gasteiger partial charge on any atom is -0.370 e. The number of morpholine rings is 1. The van der Waals surface area contributed by atoms with Crippen molar-refractivity contribution in [1.82, 2.24) is 34.3 Å². The maximum Gasteiger partial charge on any atom is 0.247 e. The van der Waals surface area contributed by atoms with Crippen LogP contribution in [0.5, 0.6) is 0 Å². The minimum absolute atomic E-state index is 0.0756. The highest BCUT2D eigenvalue weighted by atomic mass is 32.2. The molecule has 2 N–H and O–H groups in total. The summed E-state index contributed by atoms with van der Waals surface area (Å²) in [6.45, 7) is 6.51. The molecule has 5 heterocycles. The Morgan fingerprint density at radius 2 is 2.03 bits per heavy atom. The molecule has 1 aromatic carbocycles. The van der Waals surface area contributed by atoms with Gasteiger partial charge in [0.25, 0.3) is 0 Å². The van der Waals surface area contributed by atoms with Crippen molar-refractivity contribution in [2.45, 2.75) is 12.6 Å². The van der Waals surface area contributed by atoms with Crippen LogP contribution in [0.1, 0.15) is 4.88 Å². The van der Waals surface area contributed by atoms with Crippen LogP contribution in [-0.2, 0) is 21.3 Å². The van der Waals surface area contributed by atoms with E-state index in [9.17, 15) is 8.42 Å². The Morgan fingerprint density at radius 1 is 1.21 bits per heavy atom. The van der Waals surface area contributed by atoms with E-state index in [0.717, 1.165) is 52.1 Å². The van der Waals surface area contributed by atoms with Gasteiger partial charge >= 0.3 is 0 Å². The molecular weight excluding hydrogens is 536 g/mol. The molecule has 0 aliphatic carbocycles. The van der Waals surface area contributed by atoms with Crippen LogP contribution in [0.25, 0.3) is 32.5 Å². The first-order valence-electron chi connectivity index (χ1n) is 13.3. The smallest absolute Gasteiger partial charge is 0.247 e. The van der Waals surface area contributed by atoms with Crippen LogP contribution in [0.4, 0.5) is 5.82 Å². The third-order valence-corrected chi connectivity index (χ3v) is 9.92. The topological polar surface area (TPSA) is 112 Å². The van der Waals surface area contributed by atoms with Gasteiger partial charge in [0, 0.05) is 48.6 Å². The van der Waals surface area contributed by atoms with Crippen LogP contribution in [0, 0.1) is 0 Å². The van der Waals surface area contributed by atoms with Crippen molar-refractivity contribution in [3.05, 3.63) is 35.3 Å². The maximum atomic E-state index is 12.4. The molecule has 2 saturated heterocycles. The normalized spacial score (nSPS) is 20.5. The first kappa shape index (κ1) is 26.7. The van der Waals surface area contributed by atoms with Gasteiger partial charge in [0.1, 0.15) is 17.8 Å². The number of aromatic amines is 1. The van der Waals surface area contributed by atoms with Gasteiger partial charge in [-0.2, -0.15) is 14.4 Å². The summed E-state index contributed by atoms with van der Waals surface area (Å²) >= 11 is 1.75. The van der Waals surface area contributed by atoms with Crippen LogP contribution in [-0.4, -0.2) is 122 Å². The molecule has 2 aliphatic heterocycles. The summed E-state index contributed by atoms with van der Waals surface area (Å²) in [7, 11) is 0.721. The first-order valence-corrected chi connectivity index (χ1v) is 15.9. The molecule has 3 aromatic heterocycles. The molecule has 13 heteroatoms. The van der Waals surface area contributed by atoms with E-state index in [0.29, 0.717) is 45.2 Å². The number of hydrogen-bond donors (Lipinski definition) is 2. The number of ether oxygens (including phenoxy) is 1. The fraction of sp³-hybridized carbons (Fsp3) is 0.500. The van der Waals surface area contributed by atoms with Crippen LogP contribution < -0.4 is 4.90 Å². The predicted molar refractivity (Wildman–Crippen MR) is 153 cm³/mol. The SMILES string of the molecule is CN(C)CC1CN(Cc2cc3nc(-c4cccc5[nH]ncc45)nc([NH+]4CCOCC4)c3s2)CCN1S(C)(=O)=O. The molecular formula is C26H35N8O3S2+. The quantitative estimate of drug-likeness (QED) is 0.335. The Kier molecular flexibility index (Phi) is 7.39. The van der Waals surface area contributed by atoms with E-state index in [1.807, 2.05) is 32.4 Å². The number of hydrogen-bond acceptors (Lipinski definition) is 9. The lowest BCUT2D eigenvalue weighted by Crippen LogP contribution is -3.09. The van der Waals surface area contributed by atoms with Gasteiger partial charge in [-0.3, -0.25) is 14.9 Å². The summed E-state index contributed by atoms with van der Waals surface area (Å²) < 4.78 is 33.3. The van der Waals surface area contributed by atoms with Gasteiger partial charge in [-0.15, -0.1) is 11.3 Å². The number of fused-ring (bicyclic) bond motifs is 2. The monoisotopic (exact) mass is 571 g/mol. The van der Waals surface area contributed by atoms with Gasteiger partial charge in [-0.25, -0.2) is 13.4 Å². The van der Waals surface area contributed by atoms with Crippen LogP contribution in [0.3, 0.4) is 0 Å². The van der Waals surface area contributed by atoms with E-state index >= 15 is 0 Å². The molecule has 4 aromatic rings. The summed E-state index contributed by atoms with van der Waals surface area (Å²) in [5.74, 6) is 1.74. The first-order chi connectivity index (χ1) is 18.8. The summed E-state index contributed by atoms with van der Waals surface area (Å²) in [6.07, 6.45) is 3.14. The lowest BCUT2D eigenvalue weighted by atomic mass is 10.1. The van der Waals surface area contributed by atoms with Gasteiger partial charge in [0.15, 0.2) is 5.82 Å². The number of aromatic nitrogens is 4. The third kappa shape index (κ3) is 5.57. The molecule has 0 radical (unpaired) electrons. The van der Waals surface area contributed by atoms with Crippen molar-refractivity contribution in [2.75, 3.05) is 72.8 Å². The second-order valence-corrected chi connectivity index (χ2v) is 13.8. The molecule has 0 amide bonds. The van der Waals surface area contributed by atoms with E-state index < -0.39 is 10.0 Å². The van der Waals surface area contributed by atoms with Crippen molar-refractivity contribution in [3.63, 3.8) is 0 Å². The third-order valence-electron chi connectivity index (χ3n) is 7.47. The number of nitrogens with zero attached hydrogens (tertiary/aromatic N) is 6. The minimum atomic E-state index is -3.25. The number of likely N-dealkylation sites (N-methyl/N-ethyl adjacent to an activating group) is 1. The average Bonchev–Trinajstić information content (AvgIpc) is 3.54. The maximum absolute atomic E-state index is 12.4. The molecule has 11 nitrogen and oxygen atoms in total. The second kappa shape index (κ2) is 10.8.